The molecular formula is C26H25FN2O3S. The Balaban J connectivity index is 1.53. The van der Waals surface area contributed by atoms with Gasteiger partial charge in [-0.2, -0.15) is 0 Å². The second-order valence-corrected chi connectivity index (χ2v) is 8.85. The minimum absolute atomic E-state index is 0.265. The fourth-order valence-corrected chi connectivity index (χ4v) is 5.12. The first-order valence-electron chi connectivity index (χ1n) is 10.9. The maximum absolute atomic E-state index is 13.1. The zero-order valence-corrected chi connectivity index (χ0v) is 19.2. The molecule has 0 saturated carbocycles. The summed E-state index contributed by atoms with van der Waals surface area (Å²) in [6.07, 6.45) is 3.70. The number of ether oxygens (including phenoxy) is 1. The van der Waals surface area contributed by atoms with E-state index >= 15 is 0 Å². The van der Waals surface area contributed by atoms with Gasteiger partial charge in [0.25, 0.3) is 0 Å². The number of rotatable bonds is 7. The average molecular weight is 465 g/mol. The topological polar surface area (TPSA) is 58.6 Å². The number of anilines is 1. The number of thiophene rings is 1. The third kappa shape index (κ3) is 5.74. The monoisotopic (exact) mass is 464 g/mol. The second kappa shape index (κ2) is 10.6. The molecule has 2 heterocycles. The van der Waals surface area contributed by atoms with Gasteiger partial charge in [0, 0.05) is 30.6 Å². The van der Waals surface area contributed by atoms with Gasteiger partial charge in [0.05, 0.1) is 12.2 Å². The van der Waals surface area contributed by atoms with Crippen molar-refractivity contribution in [1.29, 1.82) is 0 Å². The number of carbonyl (C=O) groups is 2. The van der Waals surface area contributed by atoms with Crippen LogP contribution in [0.15, 0.2) is 60.7 Å². The molecule has 2 aromatic carbocycles. The van der Waals surface area contributed by atoms with Crippen LogP contribution in [0.2, 0.25) is 0 Å². The zero-order chi connectivity index (χ0) is 23.2. The molecule has 0 spiro atoms. The zero-order valence-electron chi connectivity index (χ0n) is 18.3. The molecule has 4 rings (SSSR count). The van der Waals surface area contributed by atoms with Crippen LogP contribution in [-0.2, 0) is 29.0 Å². The quantitative estimate of drug-likeness (QED) is 0.382. The fraction of sp³-hybridized carbons (Fsp3) is 0.231. The van der Waals surface area contributed by atoms with E-state index in [1.165, 1.54) is 35.1 Å². The van der Waals surface area contributed by atoms with Crippen molar-refractivity contribution in [2.45, 2.75) is 26.4 Å². The van der Waals surface area contributed by atoms with Gasteiger partial charge in [0.1, 0.15) is 10.8 Å². The number of carbonyl (C=O) groups excluding carboxylic acids is 2. The van der Waals surface area contributed by atoms with Crippen LogP contribution in [0.3, 0.4) is 0 Å². The van der Waals surface area contributed by atoms with E-state index in [0.29, 0.717) is 29.1 Å². The summed E-state index contributed by atoms with van der Waals surface area (Å²) < 4.78 is 18.4. The highest BCUT2D eigenvalue weighted by Gasteiger charge is 2.29. The lowest BCUT2D eigenvalue weighted by molar-refractivity contribution is -0.111. The van der Waals surface area contributed by atoms with Crippen LogP contribution in [0.25, 0.3) is 6.08 Å². The minimum atomic E-state index is -0.413. The van der Waals surface area contributed by atoms with Gasteiger partial charge >= 0.3 is 5.97 Å². The standard InChI is InChI=1S/C26H25FN2O3S/c1-2-32-26(31)24-21-14-15-29(16-19-6-4-3-5-7-19)17-22(21)33-25(24)28-23(30)13-10-18-8-11-20(27)12-9-18/h3-13H,2,14-17H2,1H3,(H,28,30). The molecule has 0 unspecified atom stereocenters. The second-order valence-electron chi connectivity index (χ2n) is 7.75. The van der Waals surface area contributed by atoms with E-state index in [1.807, 2.05) is 18.2 Å². The van der Waals surface area contributed by atoms with E-state index in [-0.39, 0.29) is 18.3 Å². The molecule has 3 aromatic rings. The molecule has 1 aliphatic rings. The highest BCUT2D eigenvalue weighted by molar-refractivity contribution is 7.17. The van der Waals surface area contributed by atoms with Crippen LogP contribution in [0.1, 0.15) is 38.8 Å². The van der Waals surface area contributed by atoms with Crippen LogP contribution in [0, 0.1) is 5.82 Å². The molecule has 1 aliphatic heterocycles. The SMILES string of the molecule is CCOC(=O)c1c(NC(=O)C=Cc2ccc(F)cc2)sc2c1CCN(Cc1ccccc1)C2. The smallest absolute Gasteiger partial charge is 0.341 e. The molecule has 1 amide bonds. The first-order valence-corrected chi connectivity index (χ1v) is 11.7. The average Bonchev–Trinajstić information content (AvgIpc) is 3.16. The maximum Gasteiger partial charge on any atom is 0.341 e. The van der Waals surface area contributed by atoms with Gasteiger partial charge in [-0.25, -0.2) is 9.18 Å². The van der Waals surface area contributed by atoms with E-state index in [2.05, 4.69) is 22.3 Å². The van der Waals surface area contributed by atoms with Crippen molar-refractivity contribution in [2.75, 3.05) is 18.5 Å². The van der Waals surface area contributed by atoms with Gasteiger partial charge in [0.15, 0.2) is 0 Å². The molecule has 0 fully saturated rings. The van der Waals surface area contributed by atoms with Gasteiger partial charge in [-0.05, 0) is 48.2 Å². The number of hydrogen-bond acceptors (Lipinski definition) is 5. The summed E-state index contributed by atoms with van der Waals surface area (Å²) in [6, 6.07) is 16.1. The summed E-state index contributed by atoms with van der Waals surface area (Å²) in [6.45, 7) is 4.39. The molecule has 5 nitrogen and oxygen atoms in total. The Morgan fingerprint density at radius 3 is 2.64 bits per heavy atom. The Morgan fingerprint density at radius 1 is 1.15 bits per heavy atom. The van der Waals surface area contributed by atoms with Crippen LogP contribution in [0.4, 0.5) is 9.39 Å². The van der Waals surface area contributed by atoms with E-state index in [4.69, 9.17) is 4.74 Å². The Labute approximate surface area is 196 Å². The third-order valence-electron chi connectivity index (χ3n) is 5.40. The van der Waals surface area contributed by atoms with Crippen LogP contribution in [0.5, 0.6) is 0 Å². The molecular weight excluding hydrogens is 439 g/mol. The number of amides is 1. The Kier molecular flexibility index (Phi) is 7.32. The van der Waals surface area contributed by atoms with Crippen molar-refractivity contribution in [3.05, 3.63) is 93.6 Å². The van der Waals surface area contributed by atoms with Crippen molar-refractivity contribution < 1.29 is 18.7 Å². The van der Waals surface area contributed by atoms with Crippen molar-refractivity contribution in [3.63, 3.8) is 0 Å². The summed E-state index contributed by atoms with van der Waals surface area (Å²) in [5, 5.41) is 3.36. The summed E-state index contributed by atoms with van der Waals surface area (Å²) >= 11 is 1.42. The minimum Gasteiger partial charge on any atom is -0.462 e. The number of esters is 1. The van der Waals surface area contributed by atoms with Crippen LogP contribution < -0.4 is 5.32 Å². The number of hydrogen-bond donors (Lipinski definition) is 1. The van der Waals surface area contributed by atoms with Gasteiger partial charge in [0.2, 0.25) is 5.91 Å². The summed E-state index contributed by atoms with van der Waals surface area (Å²) in [5.74, 6) is -1.10. The van der Waals surface area contributed by atoms with Gasteiger partial charge in [-0.1, -0.05) is 42.5 Å². The van der Waals surface area contributed by atoms with Gasteiger partial charge in [-0.15, -0.1) is 11.3 Å². The van der Waals surface area contributed by atoms with Crippen molar-refractivity contribution in [1.82, 2.24) is 4.90 Å². The molecule has 1 aromatic heterocycles. The predicted molar refractivity (Wildman–Crippen MR) is 129 cm³/mol. The first kappa shape index (κ1) is 22.9. The fourth-order valence-electron chi connectivity index (χ4n) is 3.84. The van der Waals surface area contributed by atoms with Crippen molar-refractivity contribution >= 4 is 34.3 Å². The molecule has 0 radical (unpaired) electrons. The molecule has 0 atom stereocenters. The number of halogens is 1. The first-order chi connectivity index (χ1) is 16.0. The normalized spacial score (nSPS) is 13.6. The molecule has 7 heteroatoms. The highest BCUT2D eigenvalue weighted by Crippen LogP contribution is 2.38. The molecule has 0 bridgehead atoms. The number of nitrogens with one attached hydrogen (secondary N) is 1. The maximum atomic E-state index is 13.1. The highest BCUT2D eigenvalue weighted by atomic mass is 32.1. The molecule has 170 valence electrons. The predicted octanol–water partition coefficient (Wildman–Crippen LogP) is 5.27. The van der Waals surface area contributed by atoms with Gasteiger partial charge in [-0.3, -0.25) is 9.69 Å². The van der Waals surface area contributed by atoms with Crippen LogP contribution >= 0.6 is 11.3 Å². The summed E-state index contributed by atoms with van der Waals surface area (Å²) in [7, 11) is 0. The number of nitrogens with zero attached hydrogens (tertiary/aromatic N) is 1. The lowest BCUT2D eigenvalue weighted by Gasteiger charge is -2.27. The lowest BCUT2D eigenvalue weighted by atomic mass is 10.0. The molecule has 1 N–H and O–H groups in total. The van der Waals surface area contributed by atoms with Gasteiger partial charge < -0.3 is 10.1 Å². The van der Waals surface area contributed by atoms with Crippen molar-refractivity contribution in [3.8, 4) is 0 Å². The largest absolute Gasteiger partial charge is 0.462 e. The van der Waals surface area contributed by atoms with E-state index in [0.717, 1.165) is 23.5 Å². The van der Waals surface area contributed by atoms with Crippen LogP contribution in [-0.4, -0.2) is 29.9 Å². The number of benzene rings is 2. The van der Waals surface area contributed by atoms with E-state index in [1.54, 1.807) is 25.1 Å². The molecule has 33 heavy (non-hydrogen) atoms. The summed E-state index contributed by atoms with van der Waals surface area (Å²) in [4.78, 5) is 28.7. The molecule has 0 aliphatic carbocycles. The van der Waals surface area contributed by atoms with Crippen molar-refractivity contribution in [2.24, 2.45) is 0 Å². The molecule has 0 saturated heterocycles. The van der Waals surface area contributed by atoms with E-state index in [9.17, 15) is 14.0 Å². The Morgan fingerprint density at radius 2 is 1.91 bits per heavy atom. The van der Waals surface area contributed by atoms with E-state index < -0.39 is 5.97 Å². The Bertz CT molecular complexity index is 1160. The number of fused-ring (bicyclic) bond motifs is 1. The third-order valence-corrected chi connectivity index (χ3v) is 6.53. The lowest BCUT2D eigenvalue weighted by Crippen LogP contribution is -2.29. The Hall–Kier alpha value is -3.29. The summed E-state index contributed by atoms with van der Waals surface area (Å²) in [5.41, 5.74) is 3.36.